The molecule has 104 valence electrons. The summed E-state index contributed by atoms with van der Waals surface area (Å²) in [6.45, 7) is 2.29. The molecule has 0 rings (SSSR count). The monoisotopic (exact) mass is 270 g/mol. The fourth-order valence-electron chi connectivity index (χ4n) is 0.890. The first-order valence-corrected chi connectivity index (χ1v) is 6.99. The average molecular weight is 270 g/mol. The molecular weight excluding hydrogens is 248 g/mol. The Balaban J connectivity index is 0. The summed E-state index contributed by atoms with van der Waals surface area (Å²) in [4.78, 5) is 10.1. The molecule has 0 amide bonds. The topological polar surface area (TPSA) is 144 Å². The first-order valence-electron chi connectivity index (χ1n) is 5.38. The van der Waals surface area contributed by atoms with E-state index in [0.717, 1.165) is 12.8 Å². The smallest absolute Gasteiger partial charge is 0.320 e. The van der Waals surface area contributed by atoms with E-state index in [2.05, 4.69) is 0 Å². The summed E-state index contributed by atoms with van der Waals surface area (Å²) >= 11 is 0. The van der Waals surface area contributed by atoms with E-state index in [1.165, 1.54) is 0 Å². The second kappa shape index (κ2) is 10.5. The minimum atomic E-state index is -3.67. The van der Waals surface area contributed by atoms with Crippen molar-refractivity contribution < 1.29 is 22.9 Å². The molecule has 6 N–H and O–H groups in total. The lowest BCUT2D eigenvalue weighted by Gasteiger charge is -2.03. The van der Waals surface area contributed by atoms with Crippen molar-refractivity contribution in [3.8, 4) is 0 Å². The molecule has 7 nitrogen and oxygen atoms in total. The highest BCUT2D eigenvalue weighted by molar-refractivity contribution is 7.85. The highest BCUT2D eigenvalue weighted by Gasteiger charge is 2.09. The van der Waals surface area contributed by atoms with E-state index >= 15 is 0 Å². The van der Waals surface area contributed by atoms with Crippen molar-refractivity contribution in [3.05, 3.63) is 0 Å². The first kappa shape index (κ1) is 18.7. The van der Waals surface area contributed by atoms with Crippen LogP contribution in [0, 0.1) is 0 Å². The summed E-state index contributed by atoms with van der Waals surface area (Å²) in [5.41, 5.74) is 10.4. The molecule has 8 heteroatoms. The van der Waals surface area contributed by atoms with E-state index in [1.54, 1.807) is 6.92 Å². The molecule has 0 aliphatic heterocycles. The van der Waals surface area contributed by atoms with Gasteiger partial charge in [-0.15, -0.1) is 0 Å². The third-order valence-corrected chi connectivity index (χ3v) is 2.67. The van der Waals surface area contributed by atoms with Gasteiger partial charge in [-0.3, -0.25) is 9.35 Å². The van der Waals surface area contributed by atoms with Crippen LogP contribution in [0.2, 0.25) is 0 Å². The Hall–Kier alpha value is -0.700. The third kappa shape index (κ3) is 17.9. The number of carboxylic acid groups (broad SMARTS) is 1. The van der Waals surface area contributed by atoms with Gasteiger partial charge in [0.2, 0.25) is 0 Å². The molecule has 0 fully saturated rings. The molecule has 0 aromatic rings. The largest absolute Gasteiger partial charge is 0.480 e. The quantitative estimate of drug-likeness (QED) is 0.370. The van der Waals surface area contributed by atoms with Crippen molar-refractivity contribution in [2.75, 3.05) is 12.3 Å². The Kier molecular flexibility index (Phi) is 11.5. The number of carboxylic acids is 1. The molecule has 0 radical (unpaired) electrons. The van der Waals surface area contributed by atoms with E-state index in [0.29, 0.717) is 19.4 Å². The summed E-state index contributed by atoms with van der Waals surface area (Å²) < 4.78 is 27.6. The van der Waals surface area contributed by atoms with Crippen LogP contribution in [0.15, 0.2) is 0 Å². The van der Waals surface area contributed by atoms with E-state index in [1.807, 2.05) is 0 Å². The predicted octanol–water partition coefficient (Wildman–Crippen LogP) is -0.188. The van der Waals surface area contributed by atoms with E-state index in [-0.39, 0.29) is 5.75 Å². The van der Waals surface area contributed by atoms with Gasteiger partial charge in [-0.25, -0.2) is 0 Å². The summed E-state index contributed by atoms with van der Waals surface area (Å²) in [6, 6.07) is -0.716. The van der Waals surface area contributed by atoms with Gasteiger partial charge in [0.05, 0.1) is 5.75 Å². The molecular formula is C9H22N2O5S. The summed E-state index contributed by atoms with van der Waals surface area (Å²) in [5.74, 6) is -1.07. The Labute approximate surface area is 102 Å². The fourth-order valence-corrected chi connectivity index (χ4v) is 1.41. The zero-order chi connectivity index (χ0) is 13.9. The van der Waals surface area contributed by atoms with Crippen LogP contribution in [-0.2, 0) is 14.9 Å². The number of rotatable bonds is 7. The highest BCUT2D eigenvalue weighted by atomic mass is 32.2. The molecule has 0 bridgehead atoms. The molecule has 0 aromatic heterocycles. The molecule has 17 heavy (non-hydrogen) atoms. The van der Waals surface area contributed by atoms with Crippen LogP contribution >= 0.6 is 0 Å². The molecule has 0 saturated carbocycles. The molecule has 0 aromatic carbocycles. The second-order valence-electron chi connectivity index (χ2n) is 3.52. The minimum absolute atomic E-state index is 0.132. The fraction of sp³-hybridized carbons (Fsp3) is 0.889. The maximum Gasteiger partial charge on any atom is 0.320 e. The number of unbranched alkanes of at least 4 members (excludes halogenated alkanes) is 1. The lowest BCUT2D eigenvalue weighted by atomic mass is 10.1. The van der Waals surface area contributed by atoms with Crippen LogP contribution in [0.5, 0.6) is 0 Å². The van der Waals surface area contributed by atoms with Gasteiger partial charge in [0.1, 0.15) is 6.04 Å². The Morgan fingerprint density at radius 2 is 1.88 bits per heavy atom. The van der Waals surface area contributed by atoms with E-state index in [9.17, 15) is 13.2 Å². The predicted molar refractivity (Wildman–Crippen MR) is 65.2 cm³/mol. The average Bonchev–Trinajstić information content (AvgIpc) is 2.16. The van der Waals surface area contributed by atoms with Gasteiger partial charge in [-0.05, 0) is 25.8 Å². The molecule has 0 aliphatic rings. The van der Waals surface area contributed by atoms with Crippen molar-refractivity contribution in [2.45, 2.75) is 38.6 Å². The molecule has 0 heterocycles. The Bertz CT molecular complexity index is 292. The summed E-state index contributed by atoms with van der Waals surface area (Å²) in [7, 11) is -3.67. The van der Waals surface area contributed by atoms with Gasteiger partial charge in [0.15, 0.2) is 0 Å². The zero-order valence-corrected chi connectivity index (χ0v) is 10.8. The summed E-state index contributed by atoms with van der Waals surface area (Å²) in [5, 5.41) is 8.33. The number of hydrogen-bond acceptors (Lipinski definition) is 5. The number of hydrogen-bond donors (Lipinski definition) is 4. The van der Waals surface area contributed by atoms with Gasteiger partial charge in [0.25, 0.3) is 10.1 Å². The maximum atomic E-state index is 10.1. The normalized spacial score (nSPS) is 12.5. The molecule has 0 saturated heterocycles. The lowest BCUT2D eigenvalue weighted by molar-refractivity contribution is -0.138. The van der Waals surface area contributed by atoms with E-state index < -0.39 is 22.1 Å². The molecule has 0 spiro atoms. The van der Waals surface area contributed by atoms with Gasteiger partial charge >= 0.3 is 5.97 Å². The Morgan fingerprint density at radius 3 is 2.12 bits per heavy atom. The van der Waals surface area contributed by atoms with Crippen LogP contribution in [0.4, 0.5) is 0 Å². The van der Waals surface area contributed by atoms with Crippen molar-refractivity contribution in [1.29, 1.82) is 0 Å². The van der Waals surface area contributed by atoms with Crippen LogP contribution in [0.3, 0.4) is 0 Å². The SMILES string of the molecule is CCCS(=O)(=O)O.NCCCC[C@H](N)C(=O)O. The zero-order valence-electron chi connectivity index (χ0n) is 10.0. The highest BCUT2D eigenvalue weighted by Crippen LogP contribution is 1.96. The second-order valence-corrected chi connectivity index (χ2v) is 5.09. The first-order chi connectivity index (χ1) is 7.74. The van der Waals surface area contributed by atoms with Crippen molar-refractivity contribution in [1.82, 2.24) is 0 Å². The van der Waals surface area contributed by atoms with Gasteiger partial charge in [-0.2, -0.15) is 8.42 Å². The van der Waals surface area contributed by atoms with Crippen LogP contribution < -0.4 is 11.5 Å². The van der Waals surface area contributed by atoms with Crippen LogP contribution in [0.25, 0.3) is 0 Å². The third-order valence-electron chi connectivity index (χ3n) is 1.75. The number of carbonyl (C=O) groups is 1. The van der Waals surface area contributed by atoms with Crippen LogP contribution in [-0.4, -0.2) is 42.4 Å². The molecule has 0 unspecified atom stereocenters. The van der Waals surface area contributed by atoms with Gasteiger partial charge in [-0.1, -0.05) is 13.3 Å². The van der Waals surface area contributed by atoms with E-state index in [4.69, 9.17) is 21.1 Å². The van der Waals surface area contributed by atoms with Crippen LogP contribution in [0.1, 0.15) is 32.6 Å². The summed E-state index contributed by atoms with van der Waals surface area (Å²) in [6.07, 6.45) is 2.64. The Morgan fingerprint density at radius 1 is 1.35 bits per heavy atom. The van der Waals surface area contributed by atoms with Crippen molar-refractivity contribution >= 4 is 16.1 Å². The lowest BCUT2D eigenvalue weighted by Crippen LogP contribution is -2.29. The number of aliphatic carboxylic acids is 1. The molecule has 1 atom stereocenters. The number of nitrogens with two attached hydrogens (primary N) is 2. The van der Waals surface area contributed by atoms with Crippen molar-refractivity contribution in [3.63, 3.8) is 0 Å². The standard InChI is InChI=1S/C6H14N2O2.C3H8O3S/c7-4-2-1-3-5(8)6(9)10;1-2-3-7(4,5)6/h5H,1-4,7-8H2,(H,9,10);2-3H2,1H3,(H,4,5,6)/t5-;/m0./s1. The van der Waals surface area contributed by atoms with Gasteiger partial charge < -0.3 is 16.6 Å². The van der Waals surface area contributed by atoms with Gasteiger partial charge in [0, 0.05) is 0 Å². The maximum absolute atomic E-state index is 10.1. The van der Waals surface area contributed by atoms with Crippen molar-refractivity contribution in [2.24, 2.45) is 11.5 Å². The minimum Gasteiger partial charge on any atom is -0.480 e. The molecule has 0 aliphatic carbocycles.